The van der Waals surface area contributed by atoms with E-state index in [1.165, 1.54) is 23.7 Å². The van der Waals surface area contributed by atoms with Crippen LogP contribution in [0.3, 0.4) is 0 Å². The first-order valence-electron chi connectivity index (χ1n) is 6.14. The van der Waals surface area contributed by atoms with E-state index in [0.29, 0.717) is 0 Å². The summed E-state index contributed by atoms with van der Waals surface area (Å²) in [5, 5.41) is 13.9. The van der Waals surface area contributed by atoms with Crippen LogP contribution in [0, 0.1) is 5.92 Å². The largest absolute Gasteiger partial charge is 0.340 e. The fraction of sp³-hybridized carbons (Fsp3) is 0.308. The van der Waals surface area contributed by atoms with Crippen molar-refractivity contribution in [2.45, 2.75) is 19.9 Å². The summed E-state index contributed by atoms with van der Waals surface area (Å²) in [5.41, 5.74) is 2.16. The molecule has 0 saturated carbocycles. The van der Waals surface area contributed by atoms with Crippen LogP contribution in [0.25, 0.3) is 0 Å². The molecular formula is C13H15N3O4. The fourth-order valence-corrected chi connectivity index (χ4v) is 2.02. The maximum absolute atomic E-state index is 12.1. The van der Waals surface area contributed by atoms with Gasteiger partial charge in [0.05, 0.1) is 11.3 Å². The van der Waals surface area contributed by atoms with Crippen molar-refractivity contribution in [3.8, 4) is 0 Å². The SMILES string of the molecule is CC(C)[C@H]1NC(=O)c2ccc(C(=O)NO)cc2NC1=O. The van der Waals surface area contributed by atoms with Crippen molar-refractivity contribution >= 4 is 23.4 Å². The molecule has 1 heterocycles. The van der Waals surface area contributed by atoms with Crippen LogP contribution in [0.1, 0.15) is 34.6 Å². The molecule has 0 fully saturated rings. The molecule has 7 heteroatoms. The number of nitrogens with one attached hydrogen (secondary N) is 3. The first kappa shape index (κ1) is 14.0. The monoisotopic (exact) mass is 277 g/mol. The number of carbonyl (C=O) groups is 3. The van der Waals surface area contributed by atoms with Crippen LogP contribution in [0.15, 0.2) is 18.2 Å². The van der Waals surface area contributed by atoms with Crippen molar-refractivity contribution < 1.29 is 19.6 Å². The van der Waals surface area contributed by atoms with E-state index in [4.69, 9.17) is 5.21 Å². The van der Waals surface area contributed by atoms with Gasteiger partial charge in [-0.05, 0) is 24.1 Å². The van der Waals surface area contributed by atoms with Crippen LogP contribution >= 0.6 is 0 Å². The third kappa shape index (κ3) is 2.48. The Kier molecular flexibility index (Phi) is 3.71. The quantitative estimate of drug-likeness (QED) is 0.466. The van der Waals surface area contributed by atoms with E-state index in [9.17, 15) is 14.4 Å². The van der Waals surface area contributed by atoms with Crippen LogP contribution < -0.4 is 16.1 Å². The molecular weight excluding hydrogens is 262 g/mol. The molecule has 4 N–H and O–H groups in total. The van der Waals surface area contributed by atoms with Gasteiger partial charge < -0.3 is 10.6 Å². The van der Waals surface area contributed by atoms with E-state index >= 15 is 0 Å². The first-order valence-corrected chi connectivity index (χ1v) is 6.14. The van der Waals surface area contributed by atoms with Gasteiger partial charge >= 0.3 is 0 Å². The van der Waals surface area contributed by atoms with Crippen LogP contribution in [0.5, 0.6) is 0 Å². The first-order chi connectivity index (χ1) is 9.43. The van der Waals surface area contributed by atoms with Gasteiger partial charge in [0, 0.05) is 5.56 Å². The molecule has 20 heavy (non-hydrogen) atoms. The number of rotatable bonds is 2. The second kappa shape index (κ2) is 5.30. The van der Waals surface area contributed by atoms with Crippen LogP contribution in [0.2, 0.25) is 0 Å². The van der Waals surface area contributed by atoms with Crippen LogP contribution in [0.4, 0.5) is 5.69 Å². The molecule has 1 aliphatic rings. The van der Waals surface area contributed by atoms with Crippen molar-refractivity contribution in [3.05, 3.63) is 29.3 Å². The zero-order valence-corrected chi connectivity index (χ0v) is 11.1. The standard InChI is InChI=1S/C13H15N3O4/c1-6(2)10-13(19)14-9-5-7(11(17)16-20)3-4-8(9)12(18)15-10/h3-6,10,20H,1-2H3,(H,14,19)(H,15,18)(H,16,17)/t10-/m1/s1. The number of fused-ring (bicyclic) bond motifs is 1. The smallest absolute Gasteiger partial charge is 0.274 e. The second-order valence-electron chi connectivity index (χ2n) is 4.89. The Balaban J connectivity index is 2.42. The van der Waals surface area contributed by atoms with Crippen molar-refractivity contribution in [1.29, 1.82) is 0 Å². The van der Waals surface area contributed by atoms with Gasteiger partial charge in [0.15, 0.2) is 0 Å². The molecule has 0 spiro atoms. The highest BCUT2D eigenvalue weighted by Crippen LogP contribution is 2.22. The predicted octanol–water partition coefficient (Wildman–Crippen LogP) is 0.512. The number of hydrogen-bond acceptors (Lipinski definition) is 4. The molecule has 0 radical (unpaired) electrons. The molecule has 106 valence electrons. The summed E-state index contributed by atoms with van der Waals surface area (Å²) in [5.74, 6) is -1.50. The summed E-state index contributed by atoms with van der Waals surface area (Å²) < 4.78 is 0. The van der Waals surface area contributed by atoms with Gasteiger partial charge in [-0.3, -0.25) is 19.6 Å². The van der Waals surface area contributed by atoms with Gasteiger partial charge in [0.2, 0.25) is 5.91 Å². The lowest BCUT2D eigenvalue weighted by Crippen LogP contribution is -2.44. The minimum atomic E-state index is -0.716. The maximum atomic E-state index is 12.1. The normalized spacial score (nSPS) is 17.9. The molecule has 0 aliphatic carbocycles. The number of hydroxylamine groups is 1. The van der Waals surface area contributed by atoms with Gasteiger partial charge in [-0.15, -0.1) is 0 Å². The Bertz CT molecular complexity index is 583. The number of anilines is 1. The molecule has 1 atom stereocenters. The number of carbonyl (C=O) groups excluding carboxylic acids is 3. The minimum Gasteiger partial charge on any atom is -0.340 e. The summed E-state index contributed by atoms with van der Waals surface area (Å²) in [6.07, 6.45) is 0. The third-order valence-corrected chi connectivity index (χ3v) is 3.12. The molecule has 3 amide bonds. The lowest BCUT2D eigenvalue weighted by atomic mass is 10.0. The lowest BCUT2D eigenvalue weighted by Gasteiger charge is -2.17. The van der Waals surface area contributed by atoms with E-state index in [-0.39, 0.29) is 34.5 Å². The Morgan fingerprint density at radius 1 is 1.35 bits per heavy atom. The van der Waals surface area contributed by atoms with E-state index in [2.05, 4.69) is 10.6 Å². The van der Waals surface area contributed by atoms with Gasteiger partial charge in [0.1, 0.15) is 6.04 Å². The number of amides is 3. The minimum absolute atomic E-state index is 0.0616. The van der Waals surface area contributed by atoms with E-state index in [1.807, 2.05) is 13.8 Å². The summed E-state index contributed by atoms with van der Waals surface area (Å²) in [7, 11) is 0. The zero-order chi connectivity index (χ0) is 14.9. The highest BCUT2D eigenvalue weighted by atomic mass is 16.5. The molecule has 1 aromatic carbocycles. The molecule has 0 bridgehead atoms. The second-order valence-corrected chi connectivity index (χ2v) is 4.89. The van der Waals surface area contributed by atoms with Crippen LogP contribution in [-0.4, -0.2) is 29.0 Å². The molecule has 0 aromatic heterocycles. The average molecular weight is 277 g/mol. The predicted molar refractivity (Wildman–Crippen MR) is 70.4 cm³/mol. The molecule has 0 saturated heterocycles. The number of benzene rings is 1. The maximum Gasteiger partial charge on any atom is 0.274 e. The molecule has 0 unspecified atom stereocenters. The molecule has 1 aromatic rings. The summed E-state index contributed by atoms with van der Waals surface area (Å²) in [6, 6.07) is 3.54. The summed E-state index contributed by atoms with van der Waals surface area (Å²) >= 11 is 0. The average Bonchev–Trinajstić information content (AvgIpc) is 2.54. The molecule has 1 aliphatic heterocycles. The van der Waals surface area contributed by atoms with Gasteiger partial charge in [-0.25, -0.2) is 5.48 Å². The van der Waals surface area contributed by atoms with Gasteiger partial charge in [0.25, 0.3) is 11.8 Å². The van der Waals surface area contributed by atoms with Gasteiger partial charge in [-0.1, -0.05) is 13.8 Å². The Labute approximate surface area is 115 Å². The Morgan fingerprint density at radius 3 is 2.65 bits per heavy atom. The van der Waals surface area contributed by atoms with Crippen molar-refractivity contribution in [3.63, 3.8) is 0 Å². The lowest BCUT2D eigenvalue weighted by molar-refractivity contribution is -0.118. The zero-order valence-electron chi connectivity index (χ0n) is 11.1. The Morgan fingerprint density at radius 2 is 2.05 bits per heavy atom. The summed E-state index contributed by atoms with van der Waals surface area (Å²) in [6.45, 7) is 3.65. The fourth-order valence-electron chi connectivity index (χ4n) is 2.02. The third-order valence-electron chi connectivity index (χ3n) is 3.12. The molecule has 7 nitrogen and oxygen atoms in total. The highest BCUT2D eigenvalue weighted by molar-refractivity contribution is 6.11. The number of hydrogen-bond donors (Lipinski definition) is 4. The van der Waals surface area contributed by atoms with E-state index in [0.717, 1.165) is 0 Å². The summed E-state index contributed by atoms with van der Waals surface area (Å²) in [4.78, 5) is 35.4. The highest BCUT2D eigenvalue weighted by Gasteiger charge is 2.30. The van der Waals surface area contributed by atoms with E-state index in [1.54, 1.807) is 0 Å². The van der Waals surface area contributed by atoms with Crippen LogP contribution in [-0.2, 0) is 4.79 Å². The van der Waals surface area contributed by atoms with Gasteiger partial charge in [-0.2, -0.15) is 0 Å². The molecule has 2 rings (SSSR count). The Hall–Kier alpha value is -2.41. The van der Waals surface area contributed by atoms with Crippen molar-refractivity contribution in [1.82, 2.24) is 10.8 Å². The van der Waals surface area contributed by atoms with Crippen molar-refractivity contribution in [2.75, 3.05) is 5.32 Å². The topological polar surface area (TPSA) is 108 Å². The van der Waals surface area contributed by atoms with Crippen molar-refractivity contribution in [2.24, 2.45) is 5.92 Å². The van der Waals surface area contributed by atoms with E-state index < -0.39 is 11.9 Å².